The zero-order chi connectivity index (χ0) is 20.0. The number of hydrazine groups is 1. The minimum absolute atomic E-state index is 0.276. The van der Waals surface area contributed by atoms with Crippen molar-refractivity contribution in [1.82, 2.24) is 10.9 Å². The molecule has 2 aromatic rings. The summed E-state index contributed by atoms with van der Waals surface area (Å²) in [6.07, 6.45) is 2.35. The highest BCUT2D eigenvalue weighted by atomic mass is 16.6. The van der Waals surface area contributed by atoms with Crippen LogP contribution in [-0.4, -0.2) is 21.5 Å². The molecule has 0 heterocycles. The lowest BCUT2D eigenvalue weighted by Gasteiger charge is -2.04. The average molecular weight is 370 g/mol. The van der Waals surface area contributed by atoms with Gasteiger partial charge in [0.1, 0.15) is 0 Å². The number of hydrogen-bond donors (Lipinski definition) is 2. The zero-order valence-corrected chi connectivity index (χ0v) is 14.0. The molecule has 0 saturated heterocycles. The van der Waals surface area contributed by atoms with Crippen LogP contribution in [0.4, 0.5) is 11.4 Å². The van der Waals surface area contributed by atoms with Gasteiger partial charge in [-0.25, -0.2) is 0 Å². The lowest BCUT2D eigenvalue weighted by molar-refractivity contribution is -0.394. The number of nitrogens with zero attached hydrogens (tertiary/aromatic N) is 2. The Morgan fingerprint density at radius 3 is 2.00 bits per heavy atom. The molecule has 0 unspecified atom stereocenters. The van der Waals surface area contributed by atoms with E-state index in [9.17, 15) is 29.8 Å². The Hall–Kier alpha value is -4.08. The summed E-state index contributed by atoms with van der Waals surface area (Å²) < 4.78 is 0. The van der Waals surface area contributed by atoms with Crippen molar-refractivity contribution in [2.24, 2.45) is 0 Å². The predicted octanol–water partition coefficient (Wildman–Crippen LogP) is 2.44. The van der Waals surface area contributed by atoms with Crippen LogP contribution in [0.3, 0.4) is 0 Å². The van der Waals surface area contributed by atoms with Crippen molar-refractivity contribution in [1.29, 1.82) is 0 Å². The van der Waals surface area contributed by atoms with Crippen molar-refractivity contribution in [2.45, 2.75) is 6.92 Å². The summed E-state index contributed by atoms with van der Waals surface area (Å²) in [4.78, 5) is 43.9. The van der Waals surface area contributed by atoms with Gasteiger partial charge in [-0.1, -0.05) is 29.8 Å². The Kier molecular flexibility index (Phi) is 5.94. The smallest absolute Gasteiger partial charge is 0.277 e. The van der Waals surface area contributed by atoms with Crippen molar-refractivity contribution in [3.8, 4) is 0 Å². The molecule has 2 aromatic carbocycles. The zero-order valence-electron chi connectivity index (χ0n) is 14.0. The van der Waals surface area contributed by atoms with Crippen molar-refractivity contribution < 1.29 is 19.4 Å². The van der Waals surface area contributed by atoms with Crippen LogP contribution < -0.4 is 10.9 Å². The Morgan fingerprint density at radius 2 is 1.48 bits per heavy atom. The number of carbonyl (C=O) groups is 2. The minimum Gasteiger partial charge on any atom is -0.305 e. The normalized spacial score (nSPS) is 10.4. The fraction of sp³-hybridized carbons (Fsp3) is 0.0588. The van der Waals surface area contributed by atoms with Gasteiger partial charge in [-0.2, -0.15) is 0 Å². The number of hydrogen-bond acceptors (Lipinski definition) is 7. The summed E-state index contributed by atoms with van der Waals surface area (Å²) in [5.74, 6) is -1.14. The Morgan fingerprint density at radius 1 is 0.926 bits per heavy atom. The molecular weight excluding hydrogens is 356 g/mol. The van der Waals surface area contributed by atoms with Crippen LogP contribution >= 0.6 is 0 Å². The summed E-state index contributed by atoms with van der Waals surface area (Å²) in [5, 5.41) is 21.7. The Labute approximate surface area is 152 Å². The van der Waals surface area contributed by atoms with E-state index in [1.165, 1.54) is 12.3 Å². The van der Waals surface area contributed by atoms with Crippen molar-refractivity contribution in [3.05, 3.63) is 91.7 Å². The second-order valence-corrected chi connectivity index (χ2v) is 5.41. The van der Waals surface area contributed by atoms with E-state index in [2.05, 4.69) is 10.9 Å². The summed E-state index contributed by atoms with van der Waals surface area (Å²) in [6, 6.07) is 9.45. The minimum atomic E-state index is -0.839. The first-order valence-electron chi connectivity index (χ1n) is 7.55. The number of amides is 1. The maximum Gasteiger partial charge on any atom is 0.277 e. The van der Waals surface area contributed by atoms with Gasteiger partial charge in [-0.3, -0.25) is 35.2 Å². The third kappa shape index (κ3) is 5.19. The first-order valence-corrected chi connectivity index (χ1v) is 7.55. The molecule has 0 aliphatic rings. The summed E-state index contributed by atoms with van der Waals surface area (Å²) in [7, 11) is 0. The van der Waals surface area contributed by atoms with E-state index >= 15 is 0 Å². The van der Waals surface area contributed by atoms with Gasteiger partial charge in [-0.05, 0) is 6.92 Å². The fourth-order valence-electron chi connectivity index (χ4n) is 2.05. The highest BCUT2D eigenvalue weighted by Crippen LogP contribution is 2.22. The quantitative estimate of drug-likeness (QED) is 0.329. The van der Waals surface area contributed by atoms with Gasteiger partial charge in [0.05, 0.1) is 21.5 Å². The first kappa shape index (κ1) is 19.2. The van der Waals surface area contributed by atoms with Gasteiger partial charge < -0.3 is 5.43 Å². The van der Waals surface area contributed by atoms with Crippen LogP contribution in [0.15, 0.2) is 54.7 Å². The summed E-state index contributed by atoms with van der Waals surface area (Å²) in [6.45, 7) is 1.89. The molecule has 0 radical (unpaired) electrons. The average Bonchev–Trinajstić information content (AvgIpc) is 2.64. The molecule has 0 spiro atoms. The van der Waals surface area contributed by atoms with E-state index in [0.29, 0.717) is 5.56 Å². The molecule has 0 atom stereocenters. The third-order valence-corrected chi connectivity index (χ3v) is 3.43. The molecule has 0 fully saturated rings. The van der Waals surface area contributed by atoms with Crippen molar-refractivity contribution >= 4 is 23.1 Å². The number of rotatable bonds is 7. The van der Waals surface area contributed by atoms with E-state index in [1.807, 2.05) is 6.92 Å². The number of non-ortho nitro benzene ring substituents is 2. The molecule has 10 heteroatoms. The van der Waals surface area contributed by atoms with Crippen LogP contribution in [0.5, 0.6) is 0 Å². The fourth-order valence-corrected chi connectivity index (χ4v) is 2.05. The van der Waals surface area contributed by atoms with Gasteiger partial charge >= 0.3 is 0 Å². The van der Waals surface area contributed by atoms with Crippen LogP contribution in [0.25, 0.3) is 0 Å². The molecule has 0 aromatic heterocycles. The number of nitro benzene ring substituents is 2. The molecule has 0 aliphatic heterocycles. The van der Waals surface area contributed by atoms with E-state index in [4.69, 9.17) is 0 Å². The number of nitrogens with one attached hydrogen (secondary N) is 2. The summed E-state index contributed by atoms with van der Waals surface area (Å²) >= 11 is 0. The second-order valence-electron chi connectivity index (χ2n) is 5.41. The van der Waals surface area contributed by atoms with Gasteiger partial charge in [0.2, 0.25) is 0 Å². The number of nitro groups is 2. The number of carbonyl (C=O) groups excluding carboxylic acids is 2. The maximum absolute atomic E-state index is 12.0. The SMILES string of the molecule is Cc1ccc(C(=O)/C=C/NNC(=O)c2cc([N+](=O)[O-])cc([N+](=O)[O-])c2)cc1. The lowest BCUT2D eigenvalue weighted by Crippen LogP contribution is -2.33. The molecule has 10 nitrogen and oxygen atoms in total. The molecule has 2 rings (SSSR count). The van der Waals surface area contributed by atoms with Crippen LogP contribution in [0.1, 0.15) is 26.3 Å². The molecule has 0 aliphatic carbocycles. The largest absolute Gasteiger partial charge is 0.305 e. The molecule has 0 bridgehead atoms. The molecule has 0 saturated carbocycles. The van der Waals surface area contributed by atoms with E-state index in [0.717, 1.165) is 23.8 Å². The first-order chi connectivity index (χ1) is 12.8. The molecule has 1 amide bonds. The van der Waals surface area contributed by atoms with E-state index in [-0.39, 0.29) is 11.3 Å². The number of allylic oxidation sites excluding steroid dienone is 1. The predicted molar refractivity (Wildman–Crippen MR) is 95.0 cm³/mol. The van der Waals surface area contributed by atoms with Gasteiger partial charge in [0.15, 0.2) is 5.78 Å². The van der Waals surface area contributed by atoms with Crippen molar-refractivity contribution in [3.63, 3.8) is 0 Å². The van der Waals surface area contributed by atoms with Gasteiger partial charge in [0.25, 0.3) is 17.3 Å². The number of benzene rings is 2. The van der Waals surface area contributed by atoms with Crippen molar-refractivity contribution in [2.75, 3.05) is 0 Å². The Bertz CT molecular complexity index is 905. The highest BCUT2D eigenvalue weighted by Gasteiger charge is 2.19. The van der Waals surface area contributed by atoms with Crippen LogP contribution in [-0.2, 0) is 0 Å². The third-order valence-electron chi connectivity index (χ3n) is 3.43. The number of aryl methyl sites for hydroxylation is 1. The maximum atomic E-state index is 12.0. The summed E-state index contributed by atoms with van der Waals surface area (Å²) in [5.41, 5.74) is 4.55. The van der Waals surface area contributed by atoms with Crippen LogP contribution in [0.2, 0.25) is 0 Å². The monoisotopic (exact) mass is 370 g/mol. The Balaban J connectivity index is 2.03. The molecule has 27 heavy (non-hydrogen) atoms. The van der Waals surface area contributed by atoms with Crippen LogP contribution in [0, 0.1) is 27.2 Å². The number of ketones is 1. The highest BCUT2D eigenvalue weighted by molar-refractivity contribution is 6.04. The topological polar surface area (TPSA) is 144 Å². The second kappa shape index (κ2) is 8.34. The lowest BCUT2D eigenvalue weighted by atomic mass is 10.1. The standard InChI is InChI=1S/C17H14N4O6/c1-11-2-4-12(5-3-11)16(22)6-7-18-19-17(23)13-8-14(20(24)25)10-15(9-13)21(26)27/h2-10,18H,1H3,(H,19,23)/b7-6+. The van der Waals surface area contributed by atoms with Gasteiger partial charge in [-0.15, -0.1) is 0 Å². The van der Waals surface area contributed by atoms with E-state index in [1.54, 1.807) is 24.3 Å². The molecular formula is C17H14N4O6. The molecule has 2 N–H and O–H groups in total. The van der Waals surface area contributed by atoms with E-state index < -0.39 is 27.1 Å². The van der Waals surface area contributed by atoms with Gasteiger partial charge in [0, 0.05) is 30.0 Å². The molecule has 138 valence electrons.